The first-order valence-electron chi connectivity index (χ1n) is 7.61. The largest absolute Gasteiger partial charge is 0.493 e. The maximum atomic E-state index is 5.96. The van der Waals surface area contributed by atoms with Gasteiger partial charge in [0.2, 0.25) is 0 Å². The van der Waals surface area contributed by atoms with Crippen LogP contribution in [0.15, 0.2) is 18.2 Å². The summed E-state index contributed by atoms with van der Waals surface area (Å²) in [6.45, 7) is 8.43. The number of rotatable bonds is 8. The van der Waals surface area contributed by atoms with E-state index < -0.39 is 0 Å². The molecule has 1 aliphatic carbocycles. The monoisotopic (exact) mass is 261 g/mol. The highest BCUT2D eigenvalue weighted by Gasteiger charge is 2.20. The lowest BCUT2D eigenvalue weighted by Crippen LogP contribution is -2.16. The number of hydrogen-bond donors (Lipinski definition) is 1. The van der Waals surface area contributed by atoms with Crippen LogP contribution in [0.1, 0.15) is 50.7 Å². The lowest BCUT2D eigenvalue weighted by molar-refractivity contribution is 0.294. The Labute approximate surface area is 117 Å². The fraction of sp³-hybridized carbons (Fsp3) is 0.647. The van der Waals surface area contributed by atoms with E-state index in [0.29, 0.717) is 0 Å². The molecule has 2 heteroatoms. The van der Waals surface area contributed by atoms with Crippen LogP contribution in [0.3, 0.4) is 0 Å². The number of benzene rings is 1. The van der Waals surface area contributed by atoms with Gasteiger partial charge < -0.3 is 10.1 Å². The van der Waals surface area contributed by atoms with Crippen molar-refractivity contribution in [2.75, 3.05) is 6.61 Å². The third-order valence-electron chi connectivity index (χ3n) is 3.56. The summed E-state index contributed by atoms with van der Waals surface area (Å²) in [6, 6.07) is 7.24. The second kappa shape index (κ2) is 6.95. The summed E-state index contributed by atoms with van der Waals surface area (Å²) in [5.41, 5.74) is 2.61. The van der Waals surface area contributed by atoms with Crippen LogP contribution in [0, 0.1) is 12.8 Å². The molecular formula is C17H27NO. The maximum Gasteiger partial charge on any atom is 0.123 e. The van der Waals surface area contributed by atoms with Crippen LogP contribution >= 0.6 is 0 Å². The minimum absolute atomic E-state index is 0.745. The van der Waals surface area contributed by atoms with Gasteiger partial charge in [-0.1, -0.05) is 31.5 Å². The fourth-order valence-electron chi connectivity index (χ4n) is 2.20. The van der Waals surface area contributed by atoms with Gasteiger partial charge in [-0.05, 0) is 44.6 Å². The Bertz CT molecular complexity index is 396. The standard InChI is InChI=1S/C17H27NO/c1-13(2)5-4-10-19-17-9-6-14(3)11-15(17)12-18-16-7-8-16/h6,9,11,13,16,18H,4-5,7-8,10,12H2,1-3H3. The second-order valence-corrected chi connectivity index (χ2v) is 6.15. The molecule has 0 saturated heterocycles. The summed E-state index contributed by atoms with van der Waals surface area (Å²) in [5, 5.41) is 3.57. The van der Waals surface area contributed by atoms with Gasteiger partial charge in [0.1, 0.15) is 5.75 Å². The molecule has 2 nitrogen and oxygen atoms in total. The summed E-state index contributed by atoms with van der Waals surface area (Å²) in [4.78, 5) is 0. The minimum Gasteiger partial charge on any atom is -0.493 e. The normalized spacial score (nSPS) is 14.9. The number of nitrogens with one attached hydrogen (secondary N) is 1. The summed E-state index contributed by atoms with van der Waals surface area (Å²) in [5.74, 6) is 1.82. The summed E-state index contributed by atoms with van der Waals surface area (Å²) < 4.78 is 5.96. The predicted octanol–water partition coefficient (Wildman–Crippen LogP) is 4.06. The van der Waals surface area contributed by atoms with Gasteiger partial charge in [0.25, 0.3) is 0 Å². The van der Waals surface area contributed by atoms with Crippen LogP contribution in [0.4, 0.5) is 0 Å². The number of hydrogen-bond acceptors (Lipinski definition) is 2. The molecule has 1 aromatic rings. The van der Waals surface area contributed by atoms with Gasteiger partial charge in [-0.2, -0.15) is 0 Å². The van der Waals surface area contributed by atoms with Crippen molar-refractivity contribution in [3.63, 3.8) is 0 Å². The van der Waals surface area contributed by atoms with Gasteiger partial charge in [-0.25, -0.2) is 0 Å². The topological polar surface area (TPSA) is 21.3 Å². The molecule has 0 heterocycles. The van der Waals surface area contributed by atoms with E-state index in [1.54, 1.807) is 0 Å². The van der Waals surface area contributed by atoms with Crippen LogP contribution in [0.2, 0.25) is 0 Å². The van der Waals surface area contributed by atoms with Crippen LogP contribution < -0.4 is 10.1 Å². The van der Waals surface area contributed by atoms with Crippen LogP contribution in [0.5, 0.6) is 5.75 Å². The van der Waals surface area contributed by atoms with E-state index in [2.05, 4.69) is 44.3 Å². The van der Waals surface area contributed by atoms with Gasteiger partial charge in [-0.3, -0.25) is 0 Å². The van der Waals surface area contributed by atoms with E-state index in [0.717, 1.165) is 37.3 Å². The molecule has 0 bridgehead atoms. The Balaban J connectivity index is 1.85. The molecule has 1 N–H and O–H groups in total. The van der Waals surface area contributed by atoms with Crippen molar-refractivity contribution in [3.8, 4) is 5.75 Å². The van der Waals surface area contributed by atoms with Crippen LogP contribution in [-0.2, 0) is 6.54 Å². The van der Waals surface area contributed by atoms with Gasteiger partial charge in [0, 0.05) is 18.2 Å². The molecule has 0 atom stereocenters. The first kappa shape index (κ1) is 14.4. The van der Waals surface area contributed by atoms with E-state index in [1.807, 2.05) is 0 Å². The summed E-state index contributed by atoms with van der Waals surface area (Å²) in [7, 11) is 0. The molecule has 1 fully saturated rings. The molecule has 0 spiro atoms. The molecule has 1 aliphatic rings. The first-order chi connectivity index (χ1) is 9.15. The lowest BCUT2D eigenvalue weighted by Gasteiger charge is -2.13. The van der Waals surface area contributed by atoms with E-state index >= 15 is 0 Å². The SMILES string of the molecule is Cc1ccc(OCCCC(C)C)c(CNC2CC2)c1. The zero-order chi connectivity index (χ0) is 13.7. The van der Waals surface area contributed by atoms with Gasteiger partial charge >= 0.3 is 0 Å². The van der Waals surface area contributed by atoms with E-state index in [-0.39, 0.29) is 0 Å². The van der Waals surface area contributed by atoms with Crippen molar-refractivity contribution >= 4 is 0 Å². The van der Waals surface area contributed by atoms with Crippen molar-refractivity contribution in [2.24, 2.45) is 5.92 Å². The van der Waals surface area contributed by atoms with Crippen LogP contribution in [0.25, 0.3) is 0 Å². The molecule has 1 aromatic carbocycles. The third-order valence-corrected chi connectivity index (χ3v) is 3.56. The zero-order valence-corrected chi connectivity index (χ0v) is 12.5. The molecular weight excluding hydrogens is 234 g/mol. The molecule has 1 saturated carbocycles. The summed E-state index contributed by atoms with van der Waals surface area (Å²) >= 11 is 0. The predicted molar refractivity (Wildman–Crippen MR) is 80.6 cm³/mol. The Morgan fingerprint density at radius 1 is 1.32 bits per heavy atom. The van der Waals surface area contributed by atoms with E-state index in [1.165, 1.54) is 30.4 Å². The van der Waals surface area contributed by atoms with Crippen molar-refractivity contribution in [1.82, 2.24) is 5.32 Å². The van der Waals surface area contributed by atoms with Gasteiger partial charge in [0.05, 0.1) is 6.61 Å². The Morgan fingerprint density at radius 3 is 2.79 bits per heavy atom. The molecule has 0 amide bonds. The molecule has 0 radical (unpaired) electrons. The van der Waals surface area contributed by atoms with Crippen molar-refractivity contribution in [2.45, 2.75) is 59.0 Å². The Kier molecular flexibility index (Phi) is 5.26. The van der Waals surface area contributed by atoms with E-state index in [9.17, 15) is 0 Å². The van der Waals surface area contributed by atoms with Crippen molar-refractivity contribution < 1.29 is 4.74 Å². The van der Waals surface area contributed by atoms with Gasteiger partial charge in [0.15, 0.2) is 0 Å². The van der Waals surface area contributed by atoms with Crippen LogP contribution in [-0.4, -0.2) is 12.6 Å². The second-order valence-electron chi connectivity index (χ2n) is 6.15. The molecule has 0 aromatic heterocycles. The highest BCUT2D eigenvalue weighted by Crippen LogP contribution is 2.24. The average molecular weight is 261 g/mol. The molecule has 19 heavy (non-hydrogen) atoms. The van der Waals surface area contributed by atoms with Crippen molar-refractivity contribution in [3.05, 3.63) is 29.3 Å². The maximum absolute atomic E-state index is 5.96. The zero-order valence-electron chi connectivity index (χ0n) is 12.5. The van der Waals surface area contributed by atoms with Crippen molar-refractivity contribution in [1.29, 1.82) is 0 Å². The average Bonchev–Trinajstić information content (AvgIpc) is 3.17. The minimum atomic E-state index is 0.745. The van der Waals surface area contributed by atoms with E-state index in [4.69, 9.17) is 4.74 Å². The number of aryl methyl sites for hydroxylation is 1. The molecule has 106 valence electrons. The summed E-state index contributed by atoms with van der Waals surface area (Å²) in [6.07, 6.45) is 5.04. The lowest BCUT2D eigenvalue weighted by atomic mass is 10.1. The number of ether oxygens (including phenoxy) is 1. The first-order valence-corrected chi connectivity index (χ1v) is 7.61. The third kappa shape index (κ3) is 5.23. The Hall–Kier alpha value is -1.02. The molecule has 2 rings (SSSR count). The quantitative estimate of drug-likeness (QED) is 0.712. The molecule has 0 unspecified atom stereocenters. The highest BCUT2D eigenvalue weighted by molar-refractivity contribution is 5.37. The smallest absolute Gasteiger partial charge is 0.123 e. The highest BCUT2D eigenvalue weighted by atomic mass is 16.5. The van der Waals surface area contributed by atoms with Gasteiger partial charge in [-0.15, -0.1) is 0 Å². The molecule has 0 aliphatic heterocycles. The Morgan fingerprint density at radius 2 is 2.11 bits per heavy atom. The fourth-order valence-corrected chi connectivity index (χ4v) is 2.20.